The summed E-state index contributed by atoms with van der Waals surface area (Å²) >= 11 is 0. The average Bonchev–Trinajstić information content (AvgIpc) is 2.73. The van der Waals surface area contributed by atoms with Gasteiger partial charge in [0.1, 0.15) is 6.10 Å². The molecule has 2 unspecified atom stereocenters. The quantitative estimate of drug-likeness (QED) is 0.850. The van der Waals surface area contributed by atoms with Gasteiger partial charge in [-0.15, -0.1) is 0 Å². The zero-order chi connectivity index (χ0) is 12.5. The van der Waals surface area contributed by atoms with E-state index in [9.17, 15) is 5.11 Å². The van der Waals surface area contributed by atoms with Gasteiger partial charge in [-0.25, -0.2) is 9.67 Å². The maximum atomic E-state index is 9.89. The predicted molar refractivity (Wildman–Crippen MR) is 68.1 cm³/mol. The molecule has 3 heterocycles. The topological polar surface area (TPSA) is 54.2 Å². The molecule has 3 rings (SSSR count). The minimum atomic E-state index is -0.408. The summed E-state index contributed by atoms with van der Waals surface area (Å²) in [5.41, 5.74) is 0. The highest BCUT2D eigenvalue weighted by atomic mass is 16.3. The fraction of sp³-hybridized carbons (Fsp3) is 0.846. The summed E-state index contributed by atoms with van der Waals surface area (Å²) in [5.74, 6) is 2.37. The lowest BCUT2D eigenvalue weighted by Crippen LogP contribution is -2.33. The number of aliphatic hydroxyl groups excluding tert-OH is 1. The van der Waals surface area contributed by atoms with E-state index in [1.165, 1.54) is 19.4 Å². The lowest BCUT2D eigenvalue weighted by molar-refractivity contribution is 0.130. The maximum Gasteiger partial charge on any atom is 0.156 e. The van der Waals surface area contributed by atoms with E-state index >= 15 is 0 Å². The normalized spacial score (nSPS) is 29.2. The number of aliphatic hydroxyl groups is 1. The molecule has 1 aromatic heterocycles. The molecule has 0 amide bonds. The van der Waals surface area contributed by atoms with Crippen LogP contribution >= 0.6 is 0 Å². The highest BCUT2D eigenvalue weighted by Crippen LogP contribution is 2.24. The smallest absolute Gasteiger partial charge is 0.156 e. The summed E-state index contributed by atoms with van der Waals surface area (Å²) in [6.07, 6.45) is 4.92. The van der Waals surface area contributed by atoms with Crippen LogP contribution in [0.15, 0.2) is 0 Å². The van der Waals surface area contributed by atoms with Crippen LogP contribution in [0.25, 0.3) is 0 Å². The lowest BCUT2D eigenvalue weighted by Gasteiger charge is -2.28. The van der Waals surface area contributed by atoms with Crippen molar-refractivity contribution in [2.24, 2.45) is 5.92 Å². The zero-order valence-corrected chi connectivity index (χ0v) is 11.0. The van der Waals surface area contributed by atoms with Crippen molar-refractivity contribution in [2.75, 3.05) is 20.1 Å². The molecule has 0 aliphatic carbocycles. The van der Waals surface area contributed by atoms with Crippen LogP contribution in [0.2, 0.25) is 0 Å². The van der Waals surface area contributed by atoms with Crippen molar-refractivity contribution in [1.29, 1.82) is 0 Å². The Balaban J connectivity index is 1.69. The van der Waals surface area contributed by atoms with Gasteiger partial charge in [-0.1, -0.05) is 0 Å². The summed E-state index contributed by atoms with van der Waals surface area (Å²) in [6, 6.07) is 0. The average molecular weight is 250 g/mol. The molecule has 2 atom stereocenters. The van der Waals surface area contributed by atoms with Gasteiger partial charge in [-0.3, -0.25) is 0 Å². The van der Waals surface area contributed by atoms with E-state index in [-0.39, 0.29) is 0 Å². The molecule has 0 spiro atoms. The van der Waals surface area contributed by atoms with E-state index in [4.69, 9.17) is 0 Å². The number of nitrogens with zero attached hydrogens (tertiary/aromatic N) is 4. The van der Waals surface area contributed by atoms with Crippen molar-refractivity contribution in [3.63, 3.8) is 0 Å². The van der Waals surface area contributed by atoms with Crippen molar-refractivity contribution in [2.45, 2.75) is 44.8 Å². The highest BCUT2D eigenvalue weighted by Gasteiger charge is 2.24. The van der Waals surface area contributed by atoms with Gasteiger partial charge >= 0.3 is 0 Å². The number of fused-ring (bicyclic) bond motifs is 1. The van der Waals surface area contributed by atoms with Crippen LogP contribution in [-0.2, 0) is 13.0 Å². The van der Waals surface area contributed by atoms with Crippen LogP contribution in [0.5, 0.6) is 0 Å². The Bertz CT molecular complexity index is 417. The first-order valence-corrected chi connectivity index (χ1v) is 7.02. The molecule has 1 saturated heterocycles. The third-order valence-electron chi connectivity index (χ3n) is 4.08. The number of likely N-dealkylation sites (tertiary alicyclic amines) is 1. The van der Waals surface area contributed by atoms with Gasteiger partial charge in [0.05, 0.1) is 0 Å². The second-order valence-electron chi connectivity index (χ2n) is 5.74. The van der Waals surface area contributed by atoms with E-state index in [1.54, 1.807) is 0 Å². The molecule has 2 aliphatic rings. The number of piperidine rings is 1. The predicted octanol–water partition coefficient (Wildman–Crippen LogP) is 0.990. The van der Waals surface area contributed by atoms with Crippen LogP contribution in [0.1, 0.15) is 43.4 Å². The Hall–Kier alpha value is -0.940. The molecule has 5 nitrogen and oxygen atoms in total. The third kappa shape index (κ3) is 2.42. The van der Waals surface area contributed by atoms with Crippen LogP contribution < -0.4 is 0 Å². The highest BCUT2D eigenvalue weighted by molar-refractivity contribution is 5.00. The van der Waals surface area contributed by atoms with E-state index in [0.717, 1.165) is 44.0 Å². The summed E-state index contributed by atoms with van der Waals surface area (Å²) in [4.78, 5) is 6.92. The molecule has 100 valence electrons. The Morgan fingerprint density at radius 3 is 2.89 bits per heavy atom. The first-order valence-electron chi connectivity index (χ1n) is 7.02. The number of aromatic nitrogens is 3. The van der Waals surface area contributed by atoms with E-state index < -0.39 is 6.10 Å². The lowest BCUT2D eigenvalue weighted by atomic mass is 9.95. The Morgan fingerprint density at radius 2 is 2.11 bits per heavy atom. The minimum absolute atomic E-state index is 0.408. The summed E-state index contributed by atoms with van der Waals surface area (Å²) < 4.78 is 1.90. The first kappa shape index (κ1) is 12.1. The van der Waals surface area contributed by atoms with Gasteiger partial charge in [-0.05, 0) is 45.2 Å². The van der Waals surface area contributed by atoms with Crippen molar-refractivity contribution >= 4 is 0 Å². The van der Waals surface area contributed by atoms with Gasteiger partial charge in [0.25, 0.3) is 0 Å². The van der Waals surface area contributed by atoms with Crippen molar-refractivity contribution in [1.82, 2.24) is 19.7 Å². The number of hydrogen-bond acceptors (Lipinski definition) is 4. The van der Waals surface area contributed by atoms with Crippen LogP contribution in [0, 0.1) is 5.92 Å². The molecule has 0 radical (unpaired) electrons. The van der Waals surface area contributed by atoms with E-state index in [2.05, 4.69) is 22.0 Å². The number of hydrogen-bond donors (Lipinski definition) is 1. The first-order chi connectivity index (χ1) is 8.72. The minimum Gasteiger partial charge on any atom is -0.385 e. The van der Waals surface area contributed by atoms with Gasteiger partial charge in [0, 0.05) is 19.5 Å². The summed E-state index contributed by atoms with van der Waals surface area (Å²) in [6.45, 7) is 3.26. The molecule has 2 aliphatic heterocycles. The Labute approximate surface area is 108 Å². The third-order valence-corrected chi connectivity index (χ3v) is 4.08. The van der Waals surface area contributed by atoms with Gasteiger partial charge < -0.3 is 10.0 Å². The molecule has 1 fully saturated rings. The van der Waals surface area contributed by atoms with Crippen LogP contribution in [0.3, 0.4) is 0 Å². The molecule has 0 bridgehead atoms. The van der Waals surface area contributed by atoms with Gasteiger partial charge in [-0.2, -0.15) is 5.10 Å². The molecule has 0 saturated carbocycles. The van der Waals surface area contributed by atoms with Crippen LogP contribution in [-0.4, -0.2) is 44.9 Å². The zero-order valence-electron chi connectivity index (χ0n) is 11.0. The molecule has 1 aromatic rings. The molecule has 1 N–H and O–H groups in total. The van der Waals surface area contributed by atoms with Crippen molar-refractivity contribution < 1.29 is 5.11 Å². The summed E-state index contributed by atoms with van der Waals surface area (Å²) in [5, 5.41) is 14.4. The monoisotopic (exact) mass is 250 g/mol. The fourth-order valence-corrected chi connectivity index (χ4v) is 3.16. The summed E-state index contributed by atoms with van der Waals surface area (Å²) in [7, 11) is 2.18. The molecule has 0 aromatic carbocycles. The molecule has 18 heavy (non-hydrogen) atoms. The van der Waals surface area contributed by atoms with Gasteiger partial charge in [0.15, 0.2) is 11.6 Å². The molecule has 5 heteroatoms. The Kier molecular flexibility index (Phi) is 3.35. The van der Waals surface area contributed by atoms with E-state index in [1.807, 2.05) is 4.68 Å². The maximum absolute atomic E-state index is 9.89. The van der Waals surface area contributed by atoms with Crippen molar-refractivity contribution in [3.8, 4) is 0 Å². The molecular weight excluding hydrogens is 228 g/mol. The van der Waals surface area contributed by atoms with Crippen LogP contribution in [0.4, 0.5) is 0 Å². The van der Waals surface area contributed by atoms with Crippen molar-refractivity contribution in [3.05, 3.63) is 11.6 Å². The number of aryl methyl sites for hydroxylation is 1. The number of rotatable bonds is 2. The fourth-order valence-electron chi connectivity index (χ4n) is 3.16. The largest absolute Gasteiger partial charge is 0.385 e. The molecular formula is C13H22N4O. The Morgan fingerprint density at radius 1 is 1.28 bits per heavy atom. The van der Waals surface area contributed by atoms with Gasteiger partial charge in [0.2, 0.25) is 0 Å². The standard InChI is InChI=1S/C13H22N4O/c1-16-6-2-4-10(9-16)8-12-14-13-11(18)5-3-7-17(13)15-12/h10-11,18H,2-9H2,1H3. The SMILES string of the molecule is CN1CCCC(Cc2nc3n(n2)CCCC3O)C1. The van der Waals surface area contributed by atoms with E-state index in [0.29, 0.717) is 5.92 Å². The second kappa shape index (κ2) is 4.97. The second-order valence-corrected chi connectivity index (χ2v) is 5.74.